The molecule has 5 heteroatoms. The normalized spacial score (nSPS) is 23.5. The van der Waals surface area contributed by atoms with Gasteiger partial charge in [0.25, 0.3) is 0 Å². The summed E-state index contributed by atoms with van der Waals surface area (Å²) in [5.41, 5.74) is 1.35. The first-order valence-corrected chi connectivity index (χ1v) is 8.70. The van der Waals surface area contributed by atoms with Crippen LogP contribution in [-0.2, 0) is 7.05 Å². The summed E-state index contributed by atoms with van der Waals surface area (Å²) < 4.78 is 1.90. The van der Waals surface area contributed by atoms with Crippen LogP contribution in [0.2, 0.25) is 0 Å². The van der Waals surface area contributed by atoms with Gasteiger partial charge in [-0.3, -0.25) is 9.67 Å². The van der Waals surface area contributed by atoms with E-state index in [1.807, 2.05) is 25.0 Å². The Labute approximate surface area is 133 Å². The highest BCUT2D eigenvalue weighted by molar-refractivity contribution is 5.80. The van der Waals surface area contributed by atoms with Crippen molar-refractivity contribution in [3.8, 4) is 0 Å². The maximum absolute atomic E-state index is 4.48. The number of hydrogen-bond donors (Lipinski definition) is 1. The summed E-state index contributed by atoms with van der Waals surface area (Å²) in [6.07, 6.45) is 12.3. The van der Waals surface area contributed by atoms with Crippen molar-refractivity contribution in [1.82, 2.24) is 20.0 Å². The first-order valence-electron chi connectivity index (χ1n) is 8.70. The summed E-state index contributed by atoms with van der Waals surface area (Å²) in [5, 5.41) is 7.87. The van der Waals surface area contributed by atoms with Gasteiger partial charge in [0.05, 0.1) is 6.20 Å². The number of aliphatic imine (C=N–C) groups is 1. The molecule has 1 aromatic heterocycles. The lowest BCUT2D eigenvalue weighted by molar-refractivity contribution is 0.462. The third-order valence-corrected chi connectivity index (χ3v) is 5.21. The number of rotatable bonds is 4. The number of likely N-dealkylation sites (tertiary alicyclic amines) is 1. The second-order valence-electron chi connectivity index (χ2n) is 6.79. The van der Waals surface area contributed by atoms with Crippen LogP contribution in [0.5, 0.6) is 0 Å². The molecule has 0 spiro atoms. The monoisotopic (exact) mass is 303 g/mol. The maximum Gasteiger partial charge on any atom is 0.193 e. The largest absolute Gasteiger partial charge is 0.356 e. The van der Waals surface area contributed by atoms with Crippen LogP contribution in [0.25, 0.3) is 0 Å². The average molecular weight is 303 g/mol. The molecule has 0 radical (unpaired) electrons. The van der Waals surface area contributed by atoms with E-state index < -0.39 is 0 Å². The van der Waals surface area contributed by atoms with E-state index in [-0.39, 0.29) is 0 Å². The van der Waals surface area contributed by atoms with E-state index in [9.17, 15) is 0 Å². The zero-order valence-corrected chi connectivity index (χ0v) is 14.0. The van der Waals surface area contributed by atoms with Gasteiger partial charge in [0.2, 0.25) is 0 Å². The van der Waals surface area contributed by atoms with E-state index in [0.717, 1.165) is 31.5 Å². The highest BCUT2D eigenvalue weighted by Crippen LogP contribution is 2.28. The van der Waals surface area contributed by atoms with Crippen molar-refractivity contribution in [2.24, 2.45) is 18.0 Å². The van der Waals surface area contributed by atoms with Crippen molar-refractivity contribution in [1.29, 1.82) is 0 Å². The summed E-state index contributed by atoms with van der Waals surface area (Å²) in [5.74, 6) is 2.60. The van der Waals surface area contributed by atoms with Crippen molar-refractivity contribution in [3.63, 3.8) is 0 Å². The molecule has 122 valence electrons. The van der Waals surface area contributed by atoms with Gasteiger partial charge in [0.1, 0.15) is 0 Å². The summed E-state index contributed by atoms with van der Waals surface area (Å²) >= 11 is 0. The Hall–Kier alpha value is -1.52. The summed E-state index contributed by atoms with van der Waals surface area (Å²) in [6.45, 7) is 3.20. The van der Waals surface area contributed by atoms with E-state index in [1.54, 1.807) is 0 Å². The molecule has 0 amide bonds. The van der Waals surface area contributed by atoms with Crippen LogP contribution in [-0.4, -0.2) is 47.3 Å². The summed E-state index contributed by atoms with van der Waals surface area (Å²) in [6, 6.07) is 0. The molecule has 1 saturated heterocycles. The van der Waals surface area contributed by atoms with Crippen LogP contribution in [0.15, 0.2) is 17.4 Å². The molecule has 1 atom stereocenters. The molecule has 1 aliphatic heterocycles. The molecule has 1 aromatic rings. The molecule has 5 nitrogen and oxygen atoms in total. The second-order valence-corrected chi connectivity index (χ2v) is 6.79. The first-order chi connectivity index (χ1) is 10.8. The Morgan fingerprint density at radius 2 is 2.18 bits per heavy atom. The fourth-order valence-electron chi connectivity index (χ4n) is 3.90. The Balaban J connectivity index is 1.47. The van der Waals surface area contributed by atoms with Gasteiger partial charge >= 0.3 is 0 Å². The van der Waals surface area contributed by atoms with E-state index in [0.29, 0.717) is 5.92 Å². The van der Waals surface area contributed by atoms with Crippen LogP contribution in [0.4, 0.5) is 0 Å². The van der Waals surface area contributed by atoms with Gasteiger partial charge in [-0.15, -0.1) is 0 Å². The van der Waals surface area contributed by atoms with Crippen LogP contribution < -0.4 is 5.32 Å². The minimum Gasteiger partial charge on any atom is -0.356 e. The lowest BCUT2D eigenvalue weighted by Crippen LogP contribution is -2.40. The number of nitrogens with zero attached hydrogens (tertiary/aromatic N) is 4. The van der Waals surface area contributed by atoms with E-state index in [1.165, 1.54) is 44.1 Å². The minimum atomic E-state index is 0.585. The molecular formula is C17H29N5. The fourth-order valence-corrected chi connectivity index (χ4v) is 3.90. The zero-order chi connectivity index (χ0) is 15.4. The molecule has 1 unspecified atom stereocenters. The zero-order valence-electron chi connectivity index (χ0n) is 14.0. The van der Waals surface area contributed by atoms with Gasteiger partial charge in [-0.05, 0) is 24.3 Å². The predicted molar refractivity (Wildman–Crippen MR) is 90.1 cm³/mol. The Morgan fingerprint density at radius 1 is 1.36 bits per heavy atom. The molecule has 1 saturated carbocycles. The molecule has 1 N–H and O–H groups in total. The standard InChI is InChI=1S/C17H29N5/c1-18-17(19-9-7-14-5-3-4-6-14)22-10-8-15(13-22)16-11-20-21(2)12-16/h11-12,14-15H,3-10,13H2,1-2H3,(H,18,19). The Morgan fingerprint density at radius 3 is 2.86 bits per heavy atom. The van der Waals surface area contributed by atoms with Crippen molar-refractivity contribution in [3.05, 3.63) is 18.0 Å². The average Bonchev–Trinajstić information content (AvgIpc) is 3.24. The van der Waals surface area contributed by atoms with Crippen LogP contribution in [0.3, 0.4) is 0 Å². The first kappa shape index (κ1) is 15.4. The van der Waals surface area contributed by atoms with Gasteiger partial charge in [-0.25, -0.2) is 0 Å². The van der Waals surface area contributed by atoms with Crippen molar-refractivity contribution >= 4 is 5.96 Å². The number of guanidine groups is 1. The predicted octanol–water partition coefficient (Wildman–Crippen LogP) is 2.37. The molecule has 0 bridgehead atoms. The van der Waals surface area contributed by atoms with Gasteiger partial charge in [0.15, 0.2) is 5.96 Å². The SMILES string of the molecule is CN=C(NCCC1CCCC1)N1CCC(c2cnn(C)c2)C1. The molecule has 3 rings (SSSR count). The van der Waals surface area contributed by atoms with Gasteiger partial charge in [-0.1, -0.05) is 25.7 Å². The molecule has 0 aromatic carbocycles. The second kappa shape index (κ2) is 7.16. The number of hydrogen-bond acceptors (Lipinski definition) is 2. The molecule has 2 aliphatic rings. The fraction of sp³-hybridized carbons (Fsp3) is 0.765. The van der Waals surface area contributed by atoms with Crippen molar-refractivity contribution in [2.45, 2.75) is 44.4 Å². The number of nitrogens with one attached hydrogen (secondary N) is 1. The lowest BCUT2D eigenvalue weighted by atomic mass is 10.0. The van der Waals surface area contributed by atoms with Crippen molar-refractivity contribution < 1.29 is 0 Å². The molecule has 22 heavy (non-hydrogen) atoms. The van der Waals surface area contributed by atoms with Gasteiger partial charge in [0, 0.05) is 45.8 Å². The van der Waals surface area contributed by atoms with E-state index in [2.05, 4.69) is 26.5 Å². The summed E-state index contributed by atoms with van der Waals surface area (Å²) in [4.78, 5) is 6.87. The highest BCUT2D eigenvalue weighted by atomic mass is 15.3. The lowest BCUT2D eigenvalue weighted by Gasteiger charge is -2.22. The molecule has 2 fully saturated rings. The number of aryl methyl sites for hydroxylation is 1. The molecular weight excluding hydrogens is 274 g/mol. The van der Waals surface area contributed by atoms with Gasteiger partial charge < -0.3 is 10.2 Å². The quantitative estimate of drug-likeness (QED) is 0.686. The Bertz CT molecular complexity index is 501. The molecule has 2 heterocycles. The minimum absolute atomic E-state index is 0.585. The third kappa shape index (κ3) is 3.62. The van der Waals surface area contributed by atoms with Crippen LogP contribution in [0, 0.1) is 5.92 Å². The van der Waals surface area contributed by atoms with Crippen molar-refractivity contribution in [2.75, 3.05) is 26.7 Å². The summed E-state index contributed by atoms with van der Waals surface area (Å²) in [7, 11) is 3.88. The number of aromatic nitrogens is 2. The maximum atomic E-state index is 4.48. The highest BCUT2D eigenvalue weighted by Gasteiger charge is 2.27. The molecule has 1 aliphatic carbocycles. The van der Waals surface area contributed by atoms with Crippen LogP contribution >= 0.6 is 0 Å². The van der Waals surface area contributed by atoms with E-state index in [4.69, 9.17) is 0 Å². The third-order valence-electron chi connectivity index (χ3n) is 5.21. The van der Waals surface area contributed by atoms with Crippen LogP contribution in [0.1, 0.15) is 50.0 Å². The van der Waals surface area contributed by atoms with E-state index >= 15 is 0 Å². The topological polar surface area (TPSA) is 45.5 Å². The smallest absolute Gasteiger partial charge is 0.193 e. The Kier molecular flexibility index (Phi) is 5.01. The van der Waals surface area contributed by atoms with Gasteiger partial charge in [-0.2, -0.15) is 5.10 Å².